The largest absolute Gasteiger partial charge is 0.399 e. The van der Waals surface area contributed by atoms with Crippen LogP contribution in [0.3, 0.4) is 0 Å². The van der Waals surface area contributed by atoms with Crippen LogP contribution in [0.25, 0.3) is 0 Å². The van der Waals surface area contributed by atoms with E-state index in [1.54, 1.807) is 24.5 Å². The smallest absolute Gasteiger partial charge is 0.254 e. The van der Waals surface area contributed by atoms with Crippen LogP contribution in [-0.2, 0) is 6.54 Å². The van der Waals surface area contributed by atoms with Crippen molar-refractivity contribution in [3.8, 4) is 0 Å². The first kappa shape index (κ1) is 14.1. The van der Waals surface area contributed by atoms with E-state index in [1.165, 1.54) is 0 Å². The first-order valence-electron chi connectivity index (χ1n) is 6.74. The number of nitrogen functional groups attached to an aromatic ring is 1. The fourth-order valence-electron chi connectivity index (χ4n) is 2.11. The molecular formula is C16H19N3O. The van der Waals surface area contributed by atoms with Gasteiger partial charge in [-0.1, -0.05) is 19.1 Å². The van der Waals surface area contributed by atoms with Crippen LogP contribution in [0.5, 0.6) is 0 Å². The molecule has 0 aliphatic heterocycles. The zero-order valence-corrected chi connectivity index (χ0v) is 11.6. The molecule has 0 atom stereocenters. The molecule has 1 aromatic heterocycles. The fourth-order valence-corrected chi connectivity index (χ4v) is 2.11. The van der Waals surface area contributed by atoms with Crippen molar-refractivity contribution in [2.45, 2.75) is 19.9 Å². The summed E-state index contributed by atoms with van der Waals surface area (Å²) in [6, 6.07) is 11.1. The number of carbonyl (C=O) groups excluding carboxylic acids is 1. The minimum atomic E-state index is 0.0247. The predicted octanol–water partition coefficient (Wildman–Crippen LogP) is 2.72. The van der Waals surface area contributed by atoms with Gasteiger partial charge in [-0.2, -0.15) is 0 Å². The second-order valence-electron chi connectivity index (χ2n) is 4.71. The van der Waals surface area contributed by atoms with Gasteiger partial charge in [0, 0.05) is 36.7 Å². The van der Waals surface area contributed by atoms with E-state index in [-0.39, 0.29) is 5.91 Å². The summed E-state index contributed by atoms with van der Waals surface area (Å²) in [5, 5.41) is 0. The molecule has 1 amide bonds. The number of pyridine rings is 1. The van der Waals surface area contributed by atoms with Crippen LogP contribution in [0.1, 0.15) is 29.3 Å². The summed E-state index contributed by atoms with van der Waals surface area (Å²) in [6.07, 6.45) is 4.19. The molecule has 0 fully saturated rings. The van der Waals surface area contributed by atoms with Gasteiger partial charge in [-0.3, -0.25) is 9.78 Å². The van der Waals surface area contributed by atoms with E-state index in [0.717, 1.165) is 24.2 Å². The lowest BCUT2D eigenvalue weighted by molar-refractivity contribution is 0.0743. The maximum absolute atomic E-state index is 12.5. The van der Waals surface area contributed by atoms with Crippen LogP contribution in [0.4, 0.5) is 5.69 Å². The van der Waals surface area contributed by atoms with Gasteiger partial charge in [0.2, 0.25) is 0 Å². The zero-order valence-electron chi connectivity index (χ0n) is 11.6. The monoisotopic (exact) mass is 269 g/mol. The molecule has 2 aromatic rings. The van der Waals surface area contributed by atoms with Crippen LogP contribution in [0.15, 0.2) is 48.8 Å². The van der Waals surface area contributed by atoms with Crippen LogP contribution in [0, 0.1) is 0 Å². The van der Waals surface area contributed by atoms with Gasteiger partial charge in [0.05, 0.1) is 0 Å². The van der Waals surface area contributed by atoms with Crippen molar-refractivity contribution >= 4 is 11.6 Å². The Hall–Kier alpha value is -2.36. The fraction of sp³-hybridized carbons (Fsp3) is 0.250. The molecule has 0 aliphatic carbocycles. The first-order chi connectivity index (χ1) is 9.70. The normalized spacial score (nSPS) is 10.2. The summed E-state index contributed by atoms with van der Waals surface area (Å²) in [4.78, 5) is 18.3. The molecule has 0 aliphatic rings. The van der Waals surface area contributed by atoms with E-state index in [2.05, 4.69) is 11.9 Å². The summed E-state index contributed by atoms with van der Waals surface area (Å²) in [7, 11) is 0. The van der Waals surface area contributed by atoms with Gasteiger partial charge in [0.25, 0.3) is 5.91 Å². The van der Waals surface area contributed by atoms with Crippen molar-refractivity contribution in [1.29, 1.82) is 0 Å². The molecule has 1 heterocycles. The van der Waals surface area contributed by atoms with Crippen molar-refractivity contribution in [2.75, 3.05) is 12.3 Å². The van der Waals surface area contributed by atoms with E-state index >= 15 is 0 Å². The zero-order chi connectivity index (χ0) is 14.4. The van der Waals surface area contributed by atoms with Gasteiger partial charge in [-0.15, -0.1) is 0 Å². The molecule has 4 nitrogen and oxygen atoms in total. The predicted molar refractivity (Wildman–Crippen MR) is 80.1 cm³/mol. The van der Waals surface area contributed by atoms with Gasteiger partial charge in [-0.25, -0.2) is 0 Å². The summed E-state index contributed by atoms with van der Waals surface area (Å²) in [5.41, 5.74) is 8.21. The summed E-state index contributed by atoms with van der Waals surface area (Å²) >= 11 is 0. The van der Waals surface area contributed by atoms with Gasteiger partial charge < -0.3 is 10.6 Å². The highest BCUT2D eigenvalue weighted by Gasteiger charge is 2.15. The van der Waals surface area contributed by atoms with Crippen molar-refractivity contribution in [1.82, 2.24) is 9.88 Å². The van der Waals surface area contributed by atoms with E-state index < -0.39 is 0 Å². The lowest BCUT2D eigenvalue weighted by atomic mass is 10.1. The molecule has 4 heteroatoms. The van der Waals surface area contributed by atoms with Gasteiger partial charge in [0.15, 0.2) is 0 Å². The standard InChI is InChI=1S/C16H19N3O/c1-2-10-19(12-13-4-3-5-15(17)11-13)16(20)14-6-8-18-9-7-14/h3-9,11H,2,10,12,17H2,1H3. The Morgan fingerprint density at radius 3 is 2.65 bits per heavy atom. The molecule has 104 valence electrons. The number of hydrogen-bond donors (Lipinski definition) is 1. The average molecular weight is 269 g/mol. The van der Waals surface area contributed by atoms with Crippen molar-refractivity contribution in [3.05, 3.63) is 59.9 Å². The van der Waals surface area contributed by atoms with Crippen LogP contribution < -0.4 is 5.73 Å². The topological polar surface area (TPSA) is 59.2 Å². The first-order valence-corrected chi connectivity index (χ1v) is 6.74. The number of rotatable bonds is 5. The molecule has 0 spiro atoms. The van der Waals surface area contributed by atoms with Crippen LogP contribution in [0.2, 0.25) is 0 Å². The van der Waals surface area contributed by atoms with Crippen molar-refractivity contribution in [3.63, 3.8) is 0 Å². The molecule has 1 aromatic carbocycles. The van der Waals surface area contributed by atoms with Crippen molar-refractivity contribution < 1.29 is 4.79 Å². The Bertz CT molecular complexity index is 569. The van der Waals surface area contributed by atoms with E-state index in [0.29, 0.717) is 12.1 Å². The molecule has 0 radical (unpaired) electrons. The third-order valence-electron chi connectivity index (χ3n) is 3.03. The highest BCUT2D eigenvalue weighted by atomic mass is 16.2. The van der Waals surface area contributed by atoms with E-state index in [4.69, 9.17) is 5.73 Å². The Balaban J connectivity index is 2.17. The molecule has 0 saturated carbocycles. The summed E-state index contributed by atoms with van der Waals surface area (Å²) in [5.74, 6) is 0.0247. The quantitative estimate of drug-likeness (QED) is 0.849. The van der Waals surface area contributed by atoms with Gasteiger partial charge in [0.1, 0.15) is 0 Å². The Kier molecular flexibility index (Phi) is 4.71. The number of aromatic nitrogens is 1. The molecular weight excluding hydrogens is 250 g/mol. The van der Waals surface area contributed by atoms with Gasteiger partial charge >= 0.3 is 0 Å². The molecule has 20 heavy (non-hydrogen) atoms. The molecule has 2 rings (SSSR count). The lowest BCUT2D eigenvalue weighted by Gasteiger charge is -2.22. The third-order valence-corrected chi connectivity index (χ3v) is 3.03. The average Bonchev–Trinajstić information content (AvgIpc) is 2.47. The second-order valence-corrected chi connectivity index (χ2v) is 4.71. The highest BCUT2D eigenvalue weighted by Crippen LogP contribution is 2.12. The number of anilines is 1. The lowest BCUT2D eigenvalue weighted by Crippen LogP contribution is -2.31. The molecule has 2 N–H and O–H groups in total. The Labute approximate surface area is 119 Å². The Morgan fingerprint density at radius 2 is 2.00 bits per heavy atom. The second kappa shape index (κ2) is 6.70. The number of carbonyl (C=O) groups is 1. The van der Waals surface area contributed by atoms with Gasteiger partial charge in [-0.05, 0) is 36.2 Å². The number of hydrogen-bond acceptors (Lipinski definition) is 3. The minimum Gasteiger partial charge on any atom is -0.399 e. The molecule has 0 bridgehead atoms. The Morgan fingerprint density at radius 1 is 1.25 bits per heavy atom. The summed E-state index contributed by atoms with van der Waals surface area (Å²) < 4.78 is 0. The number of amides is 1. The van der Waals surface area contributed by atoms with E-state index in [1.807, 2.05) is 29.2 Å². The number of nitrogens with two attached hydrogens (primary N) is 1. The molecule has 0 unspecified atom stereocenters. The summed E-state index contributed by atoms with van der Waals surface area (Å²) in [6.45, 7) is 3.35. The van der Waals surface area contributed by atoms with Crippen molar-refractivity contribution in [2.24, 2.45) is 0 Å². The SMILES string of the molecule is CCCN(Cc1cccc(N)c1)C(=O)c1ccncc1. The highest BCUT2D eigenvalue weighted by molar-refractivity contribution is 5.94. The van der Waals surface area contributed by atoms with Crippen LogP contribution in [-0.4, -0.2) is 22.3 Å². The molecule has 0 saturated heterocycles. The number of benzene rings is 1. The third kappa shape index (κ3) is 3.57. The van der Waals surface area contributed by atoms with E-state index in [9.17, 15) is 4.79 Å². The minimum absolute atomic E-state index is 0.0247. The van der Waals surface area contributed by atoms with Crippen LogP contribution >= 0.6 is 0 Å². The maximum atomic E-state index is 12.5. The number of nitrogens with zero attached hydrogens (tertiary/aromatic N) is 2. The maximum Gasteiger partial charge on any atom is 0.254 e.